The zero-order valence-electron chi connectivity index (χ0n) is 13.6. The second-order valence-electron chi connectivity index (χ2n) is 5.62. The molecule has 1 N–H and O–H groups in total. The number of rotatable bonds is 4. The second kappa shape index (κ2) is 7.94. The molecular weight excluding hydrogens is 399 g/mol. The first-order chi connectivity index (χ1) is 12.4. The molecule has 1 saturated heterocycles. The predicted octanol–water partition coefficient (Wildman–Crippen LogP) is 3.27. The number of carbonyl (C=O) groups is 1. The third kappa shape index (κ3) is 4.19. The smallest absolute Gasteiger partial charge is 0.255 e. The number of hydrogen-bond acceptors (Lipinski definition) is 4. The maximum atomic E-state index is 12.8. The molecule has 0 atom stereocenters. The largest absolute Gasteiger partial charge is 0.379 e. The molecule has 1 amide bonds. The van der Waals surface area contributed by atoms with Crippen molar-refractivity contribution in [3.05, 3.63) is 58.1 Å². The van der Waals surface area contributed by atoms with E-state index in [1.54, 1.807) is 24.3 Å². The van der Waals surface area contributed by atoms with Gasteiger partial charge < -0.3 is 10.1 Å². The third-order valence-electron chi connectivity index (χ3n) is 3.88. The molecule has 1 aliphatic heterocycles. The van der Waals surface area contributed by atoms with E-state index in [1.807, 2.05) is 0 Å². The molecule has 9 heteroatoms. The van der Waals surface area contributed by atoms with Crippen molar-refractivity contribution in [2.24, 2.45) is 0 Å². The van der Waals surface area contributed by atoms with E-state index < -0.39 is 15.9 Å². The van der Waals surface area contributed by atoms with Crippen LogP contribution < -0.4 is 5.32 Å². The Morgan fingerprint density at radius 2 is 1.69 bits per heavy atom. The number of amides is 1. The van der Waals surface area contributed by atoms with Crippen LogP contribution in [0.4, 0.5) is 5.69 Å². The van der Waals surface area contributed by atoms with E-state index in [1.165, 1.54) is 22.5 Å². The van der Waals surface area contributed by atoms with Gasteiger partial charge in [0, 0.05) is 29.4 Å². The van der Waals surface area contributed by atoms with Crippen LogP contribution in [-0.2, 0) is 14.8 Å². The predicted molar refractivity (Wildman–Crippen MR) is 100 cm³/mol. The number of ether oxygens (including phenoxy) is 1. The van der Waals surface area contributed by atoms with Crippen LogP contribution in [0.3, 0.4) is 0 Å². The molecule has 0 saturated carbocycles. The lowest BCUT2D eigenvalue weighted by molar-refractivity contribution is 0.0730. The van der Waals surface area contributed by atoms with Gasteiger partial charge in [-0.05, 0) is 42.5 Å². The number of sulfonamides is 1. The van der Waals surface area contributed by atoms with Crippen LogP contribution in [0.2, 0.25) is 10.0 Å². The van der Waals surface area contributed by atoms with Crippen LogP contribution in [-0.4, -0.2) is 44.9 Å². The molecule has 1 aliphatic rings. The molecule has 26 heavy (non-hydrogen) atoms. The quantitative estimate of drug-likeness (QED) is 0.832. The van der Waals surface area contributed by atoms with E-state index in [2.05, 4.69) is 5.32 Å². The van der Waals surface area contributed by atoms with Crippen molar-refractivity contribution in [3.8, 4) is 0 Å². The average Bonchev–Trinajstić information content (AvgIpc) is 2.64. The molecule has 0 aliphatic carbocycles. The van der Waals surface area contributed by atoms with Gasteiger partial charge in [0.1, 0.15) is 4.90 Å². The SMILES string of the molecule is O=C(Nc1ccc(Cl)cc1)c1ccc(Cl)c(S(=O)(=O)N2CCOCC2)c1. The minimum Gasteiger partial charge on any atom is -0.379 e. The van der Waals surface area contributed by atoms with Gasteiger partial charge in [-0.3, -0.25) is 4.79 Å². The van der Waals surface area contributed by atoms with E-state index in [4.69, 9.17) is 27.9 Å². The lowest BCUT2D eigenvalue weighted by Crippen LogP contribution is -2.40. The van der Waals surface area contributed by atoms with Gasteiger partial charge >= 0.3 is 0 Å². The fraction of sp³-hybridized carbons (Fsp3) is 0.235. The van der Waals surface area contributed by atoms with Crippen LogP contribution in [0.15, 0.2) is 47.4 Å². The Balaban J connectivity index is 1.87. The Hall–Kier alpha value is -1.64. The highest BCUT2D eigenvalue weighted by Crippen LogP contribution is 2.27. The molecule has 1 fully saturated rings. The number of carbonyl (C=O) groups excluding carboxylic acids is 1. The molecule has 138 valence electrons. The number of benzene rings is 2. The minimum atomic E-state index is -3.80. The van der Waals surface area contributed by atoms with E-state index in [0.717, 1.165) is 0 Å². The number of halogens is 2. The summed E-state index contributed by atoms with van der Waals surface area (Å²) < 4.78 is 32.1. The highest BCUT2D eigenvalue weighted by atomic mass is 35.5. The molecule has 2 aromatic rings. The van der Waals surface area contributed by atoms with Gasteiger partial charge in [0.2, 0.25) is 10.0 Å². The zero-order valence-corrected chi connectivity index (χ0v) is 15.9. The van der Waals surface area contributed by atoms with Crippen LogP contribution in [0, 0.1) is 0 Å². The number of nitrogens with zero attached hydrogens (tertiary/aromatic N) is 1. The van der Waals surface area contributed by atoms with E-state index in [0.29, 0.717) is 23.9 Å². The summed E-state index contributed by atoms with van der Waals surface area (Å²) in [6.45, 7) is 1.15. The van der Waals surface area contributed by atoms with Crippen LogP contribution in [0.25, 0.3) is 0 Å². The summed E-state index contributed by atoms with van der Waals surface area (Å²) in [6.07, 6.45) is 0. The molecule has 0 radical (unpaired) electrons. The number of hydrogen-bond donors (Lipinski definition) is 1. The monoisotopic (exact) mass is 414 g/mol. The lowest BCUT2D eigenvalue weighted by atomic mass is 10.2. The van der Waals surface area contributed by atoms with Crippen molar-refractivity contribution in [3.63, 3.8) is 0 Å². The highest BCUT2D eigenvalue weighted by Gasteiger charge is 2.29. The maximum Gasteiger partial charge on any atom is 0.255 e. The fourth-order valence-electron chi connectivity index (χ4n) is 2.50. The van der Waals surface area contributed by atoms with Crippen molar-refractivity contribution >= 4 is 44.8 Å². The van der Waals surface area contributed by atoms with E-state index in [9.17, 15) is 13.2 Å². The van der Waals surface area contributed by atoms with Crippen LogP contribution >= 0.6 is 23.2 Å². The molecule has 3 rings (SSSR count). The summed E-state index contributed by atoms with van der Waals surface area (Å²) in [5.74, 6) is -0.442. The van der Waals surface area contributed by atoms with Gasteiger partial charge in [-0.1, -0.05) is 23.2 Å². The van der Waals surface area contributed by atoms with Crippen molar-refractivity contribution in [1.82, 2.24) is 4.31 Å². The number of morpholine rings is 1. The average molecular weight is 415 g/mol. The minimum absolute atomic E-state index is 0.0690. The van der Waals surface area contributed by atoms with Crippen LogP contribution in [0.5, 0.6) is 0 Å². The van der Waals surface area contributed by atoms with Gasteiger partial charge in [0.05, 0.1) is 18.2 Å². The maximum absolute atomic E-state index is 12.8. The van der Waals surface area contributed by atoms with Crippen molar-refractivity contribution in [2.75, 3.05) is 31.6 Å². The topological polar surface area (TPSA) is 75.7 Å². The van der Waals surface area contributed by atoms with Gasteiger partial charge in [-0.15, -0.1) is 0 Å². The van der Waals surface area contributed by atoms with Crippen LogP contribution in [0.1, 0.15) is 10.4 Å². The molecule has 2 aromatic carbocycles. The van der Waals surface area contributed by atoms with Gasteiger partial charge in [0.25, 0.3) is 5.91 Å². The molecule has 0 bridgehead atoms. The van der Waals surface area contributed by atoms with Gasteiger partial charge in [-0.2, -0.15) is 4.31 Å². The summed E-state index contributed by atoms with van der Waals surface area (Å²) in [6, 6.07) is 10.8. The summed E-state index contributed by atoms with van der Waals surface area (Å²) in [7, 11) is -3.80. The molecule has 0 unspecified atom stereocenters. The highest BCUT2D eigenvalue weighted by molar-refractivity contribution is 7.89. The number of nitrogens with one attached hydrogen (secondary N) is 1. The first-order valence-corrected chi connectivity index (χ1v) is 10.0. The summed E-state index contributed by atoms with van der Waals surface area (Å²) in [5, 5.41) is 3.31. The first kappa shape index (κ1) is 19.1. The lowest BCUT2D eigenvalue weighted by Gasteiger charge is -2.26. The normalized spacial score (nSPS) is 15.6. The molecule has 6 nitrogen and oxygen atoms in total. The van der Waals surface area contributed by atoms with Gasteiger partial charge in [0.15, 0.2) is 0 Å². The fourth-order valence-corrected chi connectivity index (χ4v) is 4.54. The Bertz CT molecular complexity index is 911. The third-order valence-corrected chi connectivity index (χ3v) is 6.52. The Morgan fingerprint density at radius 1 is 1.04 bits per heavy atom. The summed E-state index contributed by atoms with van der Waals surface area (Å²) in [5.41, 5.74) is 0.739. The second-order valence-corrected chi connectivity index (χ2v) is 8.37. The standard InChI is InChI=1S/C17H16Cl2N2O4S/c18-13-2-4-14(5-3-13)20-17(22)12-1-6-15(19)16(11-12)26(23,24)21-7-9-25-10-8-21/h1-6,11H,7-10H2,(H,20,22). The van der Waals surface area contributed by atoms with E-state index >= 15 is 0 Å². The molecule has 0 aromatic heterocycles. The van der Waals surface area contributed by atoms with Crippen molar-refractivity contribution in [1.29, 1.82) is 0 Å². The molecule has 0 spiro atoms. The zero-order chi connectivity index (χ0) is 18.7. The Morgan fingerprint density at radius 3 is 2.35 bits per heavy atom. The first-order valence-electron chi connectivity index (χ1n) is 7.82. The van der Waals surface area contributed by atoms with Crippen molar-refractivity contribution in [2.45, 2.75) is 4.90 Å². The van der Waals surface area contributed by atoms with Crippen molar-refractivity contribution < 1.29 is 17.9 Å². The Kier molecular flexibility index (Phi) is 5.84. The molecule has 1 heterocycles. The number of anilines is 1. The summed E-state index contributed by atoms with van der Waals surface area (Å²) in [4.78, 5) is 12.4. The summed E-state index contributed by atoms with van der Waals surface area (Å²) >= 11 is 11.9. The Labute approximate surface area is 161 Å². The van der Waals surface area contributed by atoms with E-state index in [-0.39, 0.29) is 28.6 Å². The van der Waals surface area contributed by atoms with Gasteiger partial charge in [-0.25, -0.2) is 8.42 Å². The molecular formula is C17H16Cl2N2O4S.